The number of aliphatic hydroxyl groups excluding tert-OH is 2. The number of aliphatic hydroxyl groups is 3. The van der Waals surface area contributed by atoms with Crippen molar-refractivity contribution in [2.45, 2.75) is 57.4 Å². The molecule has 5 atom stereocenters. The van der Waals surface area contributed by atoms with Crippen LogP contribution in [0.3, 0.4) is 0 Å². The van der Waals surface area contributed by atoms with Gasteiger partial charge in [-0.25, -0.2) is 0 Å². The summed E-state index contributed by atoms with van der Waals surface area (Å²) in [5.74, 6) is -6.72. The van der Waals surface area contributed by atoms with E-state index in [0.29, 0.717) is 11.1 Å². The molecule has 0 radical (unpaired) electrons. The quantitative estimate of drug-likeness (QED) is 0.237. The molecule has 0 heterocycles. The fourth-order valence-electron chi connectivity index (χ4n) is 5.98. The first-order valence-electron chi connectivity index (χ1n) is 12.1. The van der Waals surface area contributed by atoms with E-state index in [9.17, 15) is 34.8 Å². The molecular weight excluding hydrogens is 482 g/mol. The van der Waals surface area contributed by atoms with E-state index in [-0.39, 0.29) is 41.9 Å². The molecule has 0 saturated carbocycles. The number of nitrogens with two attached hydrogens (primary N) is 1. The smallest absolute Gasteiger partial charge is 0.255 e. The average Bonchev–Trinajstić information content (AvgIpc) is 2.79. The largest absolute Gasteiger partial charge is 0.510 e. The second-order valence-electron chi connectivity index (χ2n) is 10.5. The monoisotopic (exact) mass is 515 g/mol. The first kappa shape index (κ1) is 26.8. The summed E-state index contributed by atoms with van der Waals surface area (Å²) in [6, 6.07) is 1.68. The van der Waals surface area contributed by atoms with Crippen LogP contribution in [0.2, 0.25) is 0 Å². The summed E-state index contributed by atoms with van der Waals surface area (Å²) < 4.78 is 0. The zero-order valence-electron chi connectivity index (χ0n) is 21.4. The van der Waals surface area contributed by atoms with E-state index in [1.165, 1.54) is 11.0 Å². The predicted octanol–water partition coefficient (Wildman–Crippen LogP) is 1.11. The Labute approximate surface area is 214 Å². The number of benzene rings is 1. The van der Waals surface area contributed by atoms with Crippen LogP contribution >= 0.6 is 0 Å². The van der Waals surface area contributed by atoms with Crippen LogP contribution in [0, 0.1) is 11.8 Å². The van der Waals surface area contributed by atoms with Gasteiger partial charge in [0.25, 0.3) is 5.91 Å². The molecule has 1 unspecified atom stereocenters. The van der Waals surface area contributed by atoms with Crippen molar-refractivity contribution in [3.05, 3.63) is 51.5 Å². The van der Waals surface area contributed by atoms with Gasteiger partial charge in [-0.05, 0) is 70.8 Å². The lowest BCUT2D eigenvalue weighted by atomic mass is 9.58. The van der Waals surface area contributed by atoms with Crippen molar-refractivity contribution in [1.82, 2.24) is 10.4 Å². The highest BCUT2D eigenvalue weighted by Gasteiger charge is 2.63. The number of amides is 1. The van der Waals surface area contributed by atoms with Gasteiger partial charge >= 0.3 is 0 Å². The molecule has 4 rings (SSSR count). The van der Waals surface area contributed by atoms with Crippen molar-refractivity contribution >= 4 is 17.5 Å². The standard InChI is InChI=1S/C26H33N3O8/c1-10(2)37-28-11(3)13-6-7-16(30)18-14(13)8-12-9-15-20(29(4)5)22(32)19(25(27)35)24(34)26(15,36)23(33)17(12)21(18)31/h6-7,10-12,15,20,28,30,32-33,36H,8-9H2,1-5H3,(H2,27,35)/t11?,12-,15-,20-,26-/m0/s1. The average molecular weight is 516 g/mol. The fraction of sp³-hybridized carbons (Fsp3) is 0.500. The molecule has 11 nitrogen and oxygen atoms in total. The summed E-state index contributed by atoms with van der Waals surface area (Å²) in [5, 5.41) is 44.4. The van der Waals surface area contributed by atoms with Gasteiger partial charge in [-0.3, -0.25) is 24.1 Å². The molecule has 0 spiro atoms. The molecule has 37 heavy (non-hydrogen) atoms. The van der Waals surface area contributed by atoms with Gasteiger partial charge in [0.15, 0.2) is 11.4 Å². The number of hydrogen-bond acceptors (Lipinski definition) is 10. The van der Waals surface area contributed by atoms with Gasteiger partial charge in [-0.2, -0.15) is 5.48 Å². The minimum absolute atomic E-state index is 0.0310. The molecule has 3 aliphatic rings. The molecule has 0 bridgehead atoms. The summed E-state index contributed by atoms with van der Waals surface area (Å²) in [6.45, 7) is 5.56. The lowest BCUT2D eigenvalue weighted by Gasteiger charge is -2.50. The topological polar surface area (TPSA) is 183 Å². The summed E-state index contributed by atoms with van der Waals surface area (Å²) in [6.07, 6.45) is 0.147. The zero-order valence-corrected chi connectivity index (χ0v) is 21.4. The van der Waals surface area contributed by atoms with Crippen molar-refractivity contribution in [3.8, 4) is 5.75 Å². The molecule has 0 fully saturated rings. The van der Waals surface area contributed by atoms with Crippen LogP contribution in [0.15, 0.2) is 34.8 Å². The van der Waals surface area contributed by atoms with Crippen LogP contribution in [-0.2, 0) is 20.8 Å². The molecule has 7 N–H and O–H groups in total. The fourth-order valence-corrected chi connectivity index (χ4v) is 5.98. The van der Waals surface area contributed by atoms with E-state index in [4.69, 9.17) is 10.6 Å². The molecule has 200 valence electrons. The Balaban J connectivity index is 1.89. The molecule has 0 aliphatic heterocycles. The van der Waals surface area contributed by atoms with Crippen molar-refractivity contribution < 1.29 is 39.6 Å². The van der Waals surface area contributed by atoms with Gasteiger partial charge in [0.2, 0.25) is 5.78 Å². The highest BCUT2D eigenvalue weighted by atomic mass is 16.7. The highest BCUT2D eigenvalue weighted by Crippen LogP contribution is 2.52. The van der Waals surface area contributed by atoms with Crippen LogP contribution in [0.4, 0.5) is 0 Å². The molecule has 1 aromatic rings. The van der Waals surface area contributed by atoms with E-state index < -0.39 is 58.0 Å². The maximum absolute atomic E-state index is 13.7. The highest BCUT2D eigenvalue weighted by molar-refractivity contribution is 6.24. The summed E-state index contributed by atoms with van der Waals surface area (Å²) >= 11 is 0. The Morgan fingerprint density at radius 2 is 1.84 bits per heavy atom. The van der Waals surface area contributed by atoms with Gasteiger partial charge in [0, 0.05) is 11.5 Å². The minimum Gasteiger partial charge on any atom is -0.510 e. The Morgan fingerprint density at radius 1 is 1.19 bits per heavy atom. The SMILES string of the molecule is CC(C)ONC(C)c1ccc(O)c2c1C[C@H]1C[C@H]3[C@H](N(C)C)C(O)=C(C(N)=O)C(=O)[C@@]3(O)C(O)=C1C2=O. The molecule has 3 aliphatic carbocycles. The Bertz CT molecular complexity index is 1250. The molecule has 0 saturated heterocycles. The molecule has 11 heteroatoms. The van der Waals surface area contributed by atoms with Crippen LogP contribution in [-0.4, -0.2) is 74.6 Å². The third kappa shape index (κ3) is 3.93. The van der Waals surface area contributed by atoms with E-state index >= 15 is 0 Å². The van der Waals surface area contributed by atoms with Crippen molar-refractivity contribution in [2.75, 3.05) is 14.1 Å². The number of fused-ring (bicyclic) bond motifs is 3. The number of ketones is 2. The van der Waals surface area contributed by atoms with Crippen LogP contribution in [0.25, 0.3) is 0 Å². The summed E-state index contributed by atoms with van der Waals surface area (Å²) in [4.78, 5) is 46.1. The number of carbonyl (C=O) groups is 3. The van der Waals surface area contributed by atoms with Gasteiger partial charge < -0.3 is 26.2 Å². The number of carbonyl (C=O) groups excluding carboxylic acids is 3. The first-order chi connectivity index (χ1) is 17.2. The number of hydroxylamine groups is 1. The molecule has 0 aromatic heterocycles. The minimum atomic E-state index is -2.66. The summed E-state index contributed by atoms with van der Waals surface area (Å²) in [7, 11) is 3.18. The number of primary amides is 1. The van der Waals surface area contributed by atoms with Gasteiger partial charge in [0.1, 0.15) is 22.8 Å². The second kappa shape index (κ2) is 9.25. The molecule has 1 aromatic carbocycles. The Kier molecular flexibility index (Phi) is 6.70. The zero-order chi connectivity index (χ0) is 27.6. The van der Waals surface area contributed by atoms with Gasteiger partial charge in [0.05, 0.1) is 23.8 Å². The van der Waals surface area contributed by atoms with Crippen LogP contribution in [0.5, 0.6) is 5.75 Å². The number of allylic oxidation sites excluding steroid dienone is 1. The third-order valence-corrected chi connectivity index (χ3v) is 7.59. The first-order valence-corrected chi connectivity index (χ1v) is 12.1. The number of likely N-dealkylation sites (N-methyl/N-ethyl adjacent to an activating group) is 1. The lowest BCUT2D eigenvalue weighted by Crippen LogP contribution is -2.63. The molecule has 1 amide bonds. The number of hydrogen-bond donors (Lipinski definition) is 6. The molecular formula is C26H33N3O8. The van der Waals surface area contributed by atoms with Crippen molar-refractivity contribution in [2.24, 2.45) is 17.6 Å². The maximum atomic E-state index is 13.7. The van der Waals surface area contributed by atoms with E-state index in [0.717, 1.165) is 0 Å². The third-order valence-electron chi connectivity index (χ3n) is 7.59. The number of phenols is 1. The van der Waals surface area contributed by atoms with Crippen LogP contribution < -0.4 is 11.2 Å². The number of nitrogens with one attached hydrogen (secondary N) is 1. The van der Waals surface area contributed by atoms with E-state index in [2.05, 4.69) is 5.48 Å². The maximum Gasteiger partial charge on any atom is 0.255 e. The van der Waals surface area contributed by atoms with Crippen molar-refractivity contribution in [1.29, 1.82) is 0 Å². The summed E-state index contributed by atoms with van der Waals surface area (Å²) in [5.41, 5.74) is 5.85. The number of phenolic OH excluding ortho intramolecular Hbond substituents is 1. The predicted molar refractivity (Wildman–Crippen MR) is 131 cm³/mol. The van der Waals surface area contributed by atoms with E-state index in [1.54, 1.807) is 20.2 Å². The van der Waals surface area contributed by atoms with E-state index in [1.807, 2.05) is 20.8 Å². The number of nitrogens with zero attached hydrogens (tertiary/aromatic N) is 1. The normalized spacial score (nSPS) is 28.4. The number of rotatable bonds is 6. The second-order valence-corrected chi connectivity index (χ2v) is 10.5. The van der Waals surface area contributed by atoms with Gasteiger partial charge in [-0.1, -0.05) is 6.07 Å². The number of Topliss-reactive ketones (excluding diaryl/α,β-unsaturated/α-hetero) is 2. The van der Waals surface area contributed by atoms with Crippen molar-refractivity contribution in [3.63, 3.8) is 0 Å². The number of aromatic hydroxyl groups is 1. The van der Waals surface area contributed by atoms with Gasteiger partial charge in [-0.15, -0.1) is 0 Å². The lowest BCUT2D eigenvalue weighted by molar-refractivity contribution is -0.148. The van der Waals surface area contributed by atoms with Crippen LogP contribution in [0.1, 0.15) is 54.7 Å². The Hall–Kier alpha value is -3.25. The Morgan fingerprint density at radius 3 is 2.41 bits per heavy atom.